The number of hydrogen-bond acceptors (Lipinski definition) is 2. The molecule has 3 nitrogen and oxygen atoms in total. The molecule has 0 aliphatic carbocycles. The average Bonchev–Trinajstić information content (AvgIpc) is 3.06. The van der Waals surface area contributed by atoms with Crippen LogP contribution in [0.2, 0.25) is 0 Å². The number of rotatable bonds is 2. The summed E-state index contributed by atoms with van der Waals surface area (Å²) in [5.74, 6) is -0.643. The van der Waals surface area contributed by atoms with Gasteiger partial charge in [-0.25, -0.2) is 13.6 Å². The smallest absolute Gasteiger partial charge is 0.308 e. The molecule has 2 aromatic rings. The SMILES string of the molecule is CC(C)(C)c1ccc([C@H]2SCCN2C(=O)Nc2ccc(F)cc2F)cc1. The van der Waals surface area contributed by atoms with Gasteiger partial charge in [0.1, 0.15) is 17.0 Å². The van der Waals surface area contributed by atoms with Crippen LogP contribution in [-0.2, 0) is 5.41 Å². The third-order valence-corrected chi connectivity index (χ3v) is 5.65. The number of nitrogens with one attached hydrogen (secondary N) is 1. The lowest BCUT2D eigenvalue weighted by atomic mass is 9.87. The molecule has 1 atom stereocenters. The van der Waals surface area contributed by atoms with Crippen molar-refractivity contribution in [1.29, 1.82) is 0 Å². The van der Waals surface area contributed by atoms with Gasteiger partial charge in [0.2, 0.25) is 0 Å². The summed E-state index contributed by atoms with van der Waals surface area (Å²) in [4.78, 5) is 14.3. The van der Waals surface area contributed by atoms with Crippen molar-refractivity contribution >= 4 is 23.5 Å². The minimum atomic E-state index is -0.781. The van der Waals surface area contributed by atoms with E-state index >= 15 is 0 Å². The van der Waals surface area contributed by atoms with E-state index in [0.717, 1.165) is 23.4 Å². The van der Waals surface area contributed by atoms with Crippen LogP contribution in [0, 0.1) is 11.6 Å². The number of anilines is 1. The highest BCUT2D eigenvalue weighted by atomic mass is 32.2. The first-order valence-electron chi connectivity index (χ1n) is 8.50. The van der Waals surface area contributed by atoms with Crippen molar-refractivity contribution in [2.45, 2.75) is 31.6 Å². The van der Waals surface area contributed by atoms with Crippen molar-refractivity contribution in [2.75, 3.05) is 17.6 Å². The second-order valence-corrected chi connectivity index (χ2v) is 8.53. The Hall–Kier alpha value is -2.08. The third-order valence-electron chi connectivity index (χ3n) is 4.39. The maximum atomic E-state index is 13.8. The first kappa shape index (κ1) is 18.7. The van der Waals surface area contributed by atoms with Crippen molar-refractivity contribution in [3.63, 3.8) is 0 Å². The molecule has 1 N–H and O–H groups in total. The topological polar surface area (TPSA) is 32.3 Å². The maximum absolute atomic E-state index is 13.8. The van der Waals surface area contributed by atoms with Crippen molar-refractivity contribution in [3.05, 3.63) is 65.2 Å². The van der Waals surface area contributed by atoms with E-state index in [4.69, 9.17) is 0 Å². The molecule has 1 fully saturated rings. The summed E-state index contributed by atoms with van der Waals surface area (Å²) in [5.41, 5.74) is 2.32. The maximum Gasteiger partial charge on any atom is 0.323 e. The van der Waals surface area contributed by atoms with Crippen molar-refractivity contribution < 1.29 is 13.6 Å². The summed E-state index contributed by atoms with van der Waals surface area (Å²) >= 11 is 1.67. The molecule has 0 unspecified atom stereocenters. The number of benzene rings is 2. The Bertz CT molecular complexity index is 802. The lowest BCUT2D eigenvalue weighted by molar-refractivity contribution is 0.214. The lowest BCUT2D eigenvalue weighted by Crippen LogP contribution is -2.34. The molecule has 0 aromatic heterocycles. The fourth-order valence-electron chi connectivity index (χ4n) is 2.88. The highest BCUT2D eigenvalue weighted by Gasteiger charge is 2.31. The van der Waals surface area contributed by atoms with Crippen LogP contribution in [0.15, 0.2) is 42.5 Å². The molecular weight excluding hydrogens is 354 g/mol. The highest BCUT2D eigenvalue weighted by molar-refractivity contribution is 7.99. The molecule has 1 aliphatic rings. The van der Waals surface area contributed by atoms with Gasteiger partial charge in [0.25, 0.3) is 0 Å². The number of thioether (sulfide) groups is 1. The Morgan fingerprint density at radius 1 is 1.15 bits per heavy atom. The number of nitrogens with zero attached hydrogens (tertiary/aromatic N) is 1. The van der Waals surface area contributed by atoms with Gasteiger partial charge in [-0.2, -0.15) is 0 Å². The van der Waals surface area contributed by atoms with Crippen LogP contribution in [0.4, 0.5) is 19.3 Å². The average molecular weight is 376 g/mol. The minimum Gasteiger partial charge on any atom is -0.308 e. The van der Waals surface area contributed by atoms with Crippen molar-refractivity contribution in [2.24, 2.45) is 0 Å². The second kappa shape index (κ2) is 7.27. The number of carbonyl (C=O) groups excluding carboxylic acids is 1. The van der Waals surface area contributed by atoms with Crippen LogP contribution >= 0.6 is 11.8 Å². The largest absolute Gasteiger partial charge is 0.323 e. The fourth-order valence-corrected chi connectivity index (χ4v) is 4.14. The zero-order valence-electron chi connectivity index (χ0n) is 15.1. The van der Waals surface area contributed by atoms with Gasteiger partial charge in [-0.3, -0.25) is 0 Å². The van der Waals surface area contributed by atoms with Crippen molar-refractivity contribution in [1.82, 2.24) is 4.90 Å². The fraction of sp³-hybridized carbons (Fsp3) is 0.350. The summed E-state index contributed by atoms with van der Waals surface area (Å²) in [6, 6.07) is 11.0. The molecule has 0 radical (unpaired) electrons. The molecule has 2 amide bonds. The predicted molar refractivity (Wildman–Crippen MR) is 102 cm³/mol. The molecule has 1 aliphatic heterocycles. The van der Waals surface area contributed by atoms with Gasteiger partial charge in [0.05, 0.1) is 5.69 Å². The van der Waals surface area contributed by atoms with Gasteiger partial charge in [-0.1, -0.05) is 45.0 Å². The monoisotopic (exact) mass is 376 g/mol. The standard InChI is InChI=1S/C20H22F2N2OS/c1-20(2,3)14-6-4-13(5-7-14)18-24(10-11-26-18)19(25)23-17-9-8-15(21)12-16(17)22/h4-9,12,18H,10-11H2,1-3H3,(H,23,25)/t18-/m1/s1. The van der Waals surface area contributed by atoms with Crippen LogP contribution in [0.3, 0.4) is 0 Å². The molecule has 6 heteroatoms. The minimum absolute atomic E-state index is 0.0184. The van der Waals surface area contributed by atoms with E-state index in [1.165, 1.54) is 11.6 Å². The molecule has 3 rings (SSSR count). The van der Waals surface area contributed by atoms with Gasteiger partial charge in [0, 0.05) is 18.4 Å². The van der Waals surface area contributed by atoms with Gasteiger partial charge >= 0.3 is 6.03 Å². The Balaban J connectivity index is 1.76. The zero-order valence-corrected chi connectivity index (χ0v) is 15.9. The first-order chi connectivity index (χ1) is 12.3. The van der Waals surface area contributed by atoms with Crippen LogP contribution in [0.25, 0.3) is 0 Å². The summed E-state index contributed by atoms with van der Waals surface area (Å²) in [7, 11) is 0. The number of carbonyl (C=O) groups is 1. The summed E-state index contributed by atoms with van der Waals surface area (Å²) < 4.78 is 26.8. The van der Waals surface area contributed by atoms with Crippen LogP contribution in [-0.4, -0.2) is 23.2 Å². The molecular formula is C20H22F2N2OS. The lowest BCUT2D eigenvalue weighted by Gasteiger charge is -2.25. The van der Waals surface area contributed by atoms with Crippen LogP contribution in [0.5, 0.6) is 0 Å². The molecule has 0 saturated carbocycles. The number of hydrogen-bond donors (Lipinski definition) is 1. The zero-order chi connectivity index (χ0) is 18.9. The predicted octanol–water partition coefficient (Wildman–Crippen LogP) is 5.54. The normalized spacial score (nSPS) is 17.4. The third kappa shape index (κ3) is 4.01. The van der Waals surface area contributed by atoms with E-state index in [2.05, 4.69) is 38.2 Å². The Labute approximate surface area is 156 Å². The van der Waals surface area contributed by atoms with Crippen molar-refractivity contribution in [3.8, 4) is 0 Å². The van der Waals surface area contributed by atoms with E-state index < -0.39 is 11.6 Å². The van der Waals surface area contributed by atoms with E-state index in [-0.39, 0.29) is 22.5 Å². The van der Waals surface area contributed by atoms with Crippen LogP contribution in [0.1, 0.15) is 37.3 Å². The Kier molecular flexibility index (Phi) is 5.23. The van der Waals surface area contributed by atoms with E-state index in [9.17, 15) is 13.6 Å². The van der Waals surface area contributed by atoms with E-state index in [0.29, 0.717) is 6.54 Å². The van der Waals surface area contributed by atoms with Crippen LogP contribution < -0.4 is 5.32 Å². The Morgan fingerprint density at radius 3 is 2.46 bits per heavy atom. The molecule has 26 heavy (non-hydrogen) atoms. The van der Waals surface area contributed by atoms with E-state index in [1.54, 1.807) is 16.7 Å². The molecule has 0 spiro atoms. The molecule has 2 aromatic carbocycles. The molecule has 0 bridgehead atoms. The van der Waals surface area contributed by atoms with Gasteiger partial charge in [0.15, 0.2) is 0 Å². The first-order valence-corrected chi connectivity index (χ1v) is 9.55. The van der Waals surface area contributed by atoms with E-state index in [1.807, 2.05) is 12.1 Å². The van der Waals surface area contributed by atoms with Gasteiger partial charge in [-0.05, 0) is 28.7 Å². The number of urea groups is 1. The molecule has 1 heterocycles. The second-order valence-electron chi connectivity index (χ2n) is 7.34. The number of halogens is 2. The quantitative estimate of drug-likeness (QED) is 0.746. The van der Waals surface area contributed by atoms with Gasteiger partial charge in [-0.15, -0.1) is 11.8 Å². The summed E-state index contributed by atoms with van der Waals surface area (Å²) in [5, 5.41) is 2.43. The molecule has 138 valence electrons. The Morgan fingerprint density at radius 2 is 1.85 bits per heavy atom. The number of amides is 2. The summed E-state index contributed by atoms with van der Waals surface area (Å²) in [6.45, 7) is 7.04. The highest BCUT2D eigenvalue weighted by Crippen LogP contribution is 2.39. The summed E-state index contributed by atoms with van der Waals surface area (Å²) in [6.07, 6.45) is 0. The van der Waals surface area contributed by atoms with Gasteiger partial charge < -0.3 is 10.2 Å². The molecule has 1 saturated heterocycles.